The number of carbonyl (C=O) groups is 1. The van der Waals surface area contributed by atoms with Crippen LogP contribution in [0.25, 0.3) is 0 Å². The van der Waals surface area contributed by atoms with Crippen LogP contribution in [0.5, 0.6) is 5.75 Å². The second-order valence-corrected chi connectivity index (χ2v) is 7.11. The van der Waals surface area contributed by atoms with Gasteiger partial charge < -0.3 is 9.94 Å². The molecule has 0 unspecified atom stereocenters. The molecule has 0 aromatic heterocycles. The fourth-order valence-corrected chi connectivity index (χ4v) is 4.79. The quantitative estimate of drug-likeness (QED) is 0.491. The largest absolute Gasteiger partial charge is 0.497 e. The van der Waals surface area contributed by atoms with Gasteiger partial charge in [-0.15, -0.1) is 0 Å². The zero-order valence-corrected chi connectivity index (χ0v) is 13.5. The molecule has 4 rings (SSSR count). The molecule has 0 saturated heterocycles. The Bertz CT molecular complexity index is 749. The summed E-state index contributed by atoms with van der Waals surface area (Å²) in [4.78, 5) is 12.6. The van der Waals surface area contributed by atoms with E-state index in [1.165, 1.54) is 16.7 Å². The van der Waals surface area contributed by atoms with Gasteiger partial charge in [0.25, 0.3) is 0 Å². The number of fused-ring (bicyclic) bond motifs is 5. The minimum Gasteiger partial charge on any atom is -0.497 e. The van der Waals surface area contributed by atoms with E-state index in [9.17, 15) is 4.79 Å². The average molecular weight is 311 g/mol. The van der Waals surface area contributed by atoms with Crippen molar-refractivity contribution in [3.8, 4) is 5.75 Å². The van der Waals surface area contributed by atoms with Crippen molar-refractivity contribution >= 4 is 11.5 Å². The number of ketones is 1. The van der Waals surface area contributed by atoms with Crippen LogP contribution in [-0.2, 0) is 11.2 Å². The number of oxime groups is 1. The number of benzene rings is 1. The van der Waals surface area contributed by atoms with E-state index in [1.807, 2.05) is 13.0 Å². The maximum atomic E-state index is 12.6. The predicted octanol–water partition coefficient (Wildman–Crippen LogP) is 3.48. The Morgan fingerprint density at radius 3 is 2.96 bits per heavy atom. The highest BCUT2D eigenvalue weighted by Crippen LogP contribution is 2.57. The van der Waals surface area contributed by atoms with Crippen LogP contribution >= 0.6 is 0 Å². The third-order valence-corrected chi connectivity index (χ3v) is 6.11. The highest BCUT2D eigenvalue weighted by Gasteiger charge is 2.55. The third kappa shape index (κ3) is 1.90. The molecule has 0 radical (unpaired) electrons. The summed E-state index contributed by atoms with van der Waals surface area (Å²) in [6, 6.07) is 6.32. The predicted molar refractivity (Wildman–Crippen MR) is 87.2 cm³/mol. The number of methoxy groups -OCH3 is 1. The molecule has 0 bridgehead atoms. The molecule has 2 saturated carbocycles. The molecule has 4 nitrogen and oxygen atoms in total. The van der Waals surface area contributed by atoms with Crippen LogP contribution in [0.3, 0.4) is 0 Å². The first kappa shape index (κ1) is 14.5. The van der Waals surface area contributed by atoms with E-state index in [0.717, 1.165) is 25.0 Å². The lowest BCUT2D eigenvalue weighted by Gasteiger charge is -2.43. The van der Waals surface area contributed by atoms with Crippen molar-refractivity contribution in [1.29, 1.82) is 0 Å². The lowest BCUT2D eigenvalue weighted by atomic mass is 9.60. The Hall–Kier alpha value is -2.10. The second kappa shape index (κ2) is 4.95. The highest BCUT2D eigenvalue weighted by molar-refractivity contribution is 6.43. The normalized spacial score (nSPS) is 33.7. The lowest BCUT2D eigenvalue weighted by Crippen LogP contribution is -2.37. The summed E-state index contributed by atoms with van der Waals surface area (Å²) in [6.07, 6.45) is 5.57. The van der Waals surface area contributed by atoms with Crippen molar-refractivity contribution in [2.24, 2.45) is 16.5 Å². The van der Waals surface area contributed by atoms with Gasteiger partial charge in [0.05, 0.1) is 7.11 Å². The fourth-order valence-electron chi connectivity index (χ4n) is 4.79. The summed E-state index contributed by atoms with van der Waals surface area (Å²) in [5.41, 5.74) is 4.01. The van der Waals surface area contributed by atoms with Gasteiger partial charge in [-0.05, 0) is 48.4 Å². The monoisotopic (exact) mass is 311 g/mol. The minimum absolute atomic E-state index is 0.0323. The molecule has 3 aliphatic carbocycles. The maximum absolute atomic E-state index is 12.6. The first-order valence-corrected chi connectivity index (χ1v) is 8.21. The Morgan fingerprint density at radius 2 is 2.22 bits per heavy atom. The van der Waals surface area contributed by atoms with Gasteiger partial charge in [-0.25, -0.2) is 0 Å². The van der Waals surface area contributed by atoms with Gasteiger partial charge >= 0.3 is 0 Å². The van der Waals surface area contributed by atoms with Crippen molar-refractivity contribution in [2.45, 2.75) is 38.5 Å². The highest BCUT2D eigenvalue weighted by atomic mass is 16.5. The SMILES string of the molecule is COc1ccc2c(c1)CC=C1[C@@H]2CC[C@]2(C)C(=O)/C(=N\O)C[C@@H]12. The Morgan fingerprint density at radius 1 is 1.39 bits per heavy atom. The maximum Gasteiger partial charge on any atom is 0.186 e. The second-order valence-electron chi connectivity index (χ2n) is 7.11. The van der Waals surface area contributed by atoms with Gasteiger partial charge in [-0.2, -0.15) is 0 Å². The van der Waals surface area contributed by atoms with Crippen LogP contribution in [0.1, 0.15) is 43.2 Å². The van der Waals surface area contributed by atoms with Crippen LogP contribution in [0.2, 0.25) is 0 Å². The Kier molecular flexibility index (Phi) is 3.12. The van der Waals surface area contributed by atoms with Gasteiger partial charge in [0, 0.05) is 17.8 Å². The summed E-state index contributed by atoms with van der Waals surface area (Å²) < 4.78 is 5.34. The topological polar surface area (TPSA) is 58.9 Å². The van der Waals surface area contributed by atoms with Crippen molar-refractivity contribution in [3.63, 3.8) is 0 Å². The Labute approximate surface area is 135 Å². The molecule has 23 heavy (non-hydrogen) atoms. The first-order chi connectivity index (χ1) is 11.1. The fraction of sp³-hybridized carbons (Fsp3) is 0.474. The number of allylic oxidation sites excluding steroid dienone is 2. The number of nitrogens with zero attached hydrogens (tertiary/aromatic N) is 1. The van der Waals surface area contributed by atoms with Crippen LogP contribution < -0.4 is 4.74 Å². The Balaban J connectivity index is 1.75. The molecule has 120 valence electrons. The first-order valence-electron chi connectivity index (χ1n) is 8.21. The number of carbonyl (C=O) groups excluding carboxylic acids is 1. The smallest absolute Gasteiger partial charge is 0.186 e. The number of rotatable bonds is 1. The summed E-state index contributed by atoms with van der Waals surface area (Å²) in [6.45, 7) is 2.04. The molecule has 0 aliphatic heterocycles. The van der Waals surface area contributed by atoms with E-state index in [0.29, 0.717) is 18.1 Å². The molecule has 2 fully saturated rings. The number of hydrogen-bond donors (Lipinski definition) is 1. The van der Waals surface area contributed by atoms with E-state index < -0.39 is 5.41 Å². The molecular weight excluding hydrogens is 290 g/mol. The van der Waals surface area contributed by atoms with Crippen LogP contribution in [0, 0.1) is 11.3 Å². The molecule has 1 aromatic rings. The van der Waals surface area contributed by atoms with E-state index in [-0.39, 0.29) is 11.7 Å². The van der Waals surface area contributed by atoms with E-state index in [4.69, 9.17) is 9.94 Å². The van der Waals surface area contributed by atoms with Gasteiger partial charge in [-0.3, -0.25) is 4.79 Å². The zero-order valence-electron chi connectivity index (χ0n) is 13.5. The molecule has 0 spiro atoms. The van der Waals surface area contributed by atoms with E-state index in [2.05, 4.69) is 23.4 Å². The summed E-state index contributed by atoms with van der Waals surface area (Å²) in [7, 11) is 1.69. The number of ether oxygens (including phenoxy) is 1. The van der Waals surface area contributed by atoms with Crippen molar-refractivity contribution in [2.75, 3.05) is 7.11 Å². The summed E-state index contributed by atoms with van der Waals surface area (Å²) in [5, 5.41) is 12.4. The summed E-state index contributed by atoms with van der Waals surface area (Å²) >= 11 is 0. The lowest BCUT2D eigenvalue weighted by molar-refractivity contribution is -0.122. The van der Waals surface area contributed by atoms with Gasteiger partial charge in [0.1, 0.15) is 11.5 Å². The van der Waals surface area contributed by atoms with Crippen LogP contribution in [0.15, 0.2) is 35.0 Å². The van der Waals surface area contributed by atoms with Gasteiger partial charge in [0.15, 0.2) is 5.78 Å². The molecule has 3 atom stereocenters. The van der Waals surface area contributed by atoms with Gasteiger partial charge in [-0.1, -0.05) is 29.8 Å². The van der Waals surface area contributed by atoms with E-state index >= 15 is 0 Å². The molecule has 1 N–H and O–H groups in total. The summed E-state index contributed by atoms with van der Waals surface area (Å²) in [5.74, 6) is 1.49. The van der Waals surface area contributed by atoms with Crippen molar-refractivity contribution < 1.29 is 14.7 Å². The molecular formula is C19H21NO3. The van der Waals surface area contributed by atoms with E-state index in [1.54, 1.807) is 7.11 Å². The van der Waals surface area contributed by atoms with Crippen LogP contribution in [0.4, 0.5) is 0 Å². The number of hydrogen-bond acceptors (Lipinski definition) is 4. The van der Waals surface area contributed by atoms with Gasteiger partial charge in [0.2, 0.25) is 0 Å². The standard InChI is InChI=1S/C19H21NO3/c1-19-8-7-14-13-6-4-12(23-2)9-11(13)3-5-15(14)16(19)10-17(20-22)18(19)21/h4-6,9,14,16,22H,3,7-8,10H2,1-2H3/b20-17-/t14-,16+,19+/m1/s1. The third-order valence-electron chi connectivity index (χ3n) is 6.11. The number of Topliss-reactive ketones (excluding diaryl/α,β-unsaturated/α-hetero) is 1. The molecule has 0 amide bonds. The van der Waals surface area contributed by atoms with Crippen molar-refractivity contribution in [3.05, 3.63) is 41.0 Å². The van der Waals surface area contributed by atoms with Crippen molar-refractivity contribution in [1.82, 2.24) is 0 Å². The zero-order chi connectivity index (χ0) is 16.2. The molecule has 0 heterocycles. The molecule has 1 aromatic carbocycles. The average Bonchev–Trinajstić information content (AvgIpc) is 2.85. The van der Waals surface area contributed by atoms with Crippen LogP contribution in [-0.4, -0.2) is 23.8 Å². The molecule has 3 aliphatic rings. The minimum atomic E-state index is -0.395. The molecule has 4 heteroatoms.